The van der Waals surface area contributed by atoms with Crippen LogP contribution in [0.4, 0.5) is 45.6 Å². The van der Waals surface area contributed by atoms with Crippen LogP contribution >= 0.6 is 0 Å². The SMILES string of the molecule is O=C(NC(=O)c1c(F)cccc1F)Nc1ccc(OC(F)(F)C(O)(F)C(F)(F)F)cc1. The van der Waals surface area contributed by atoms with E-state index in [0.29, 0.717) is 12.1 Å². The second-order valence-electron chi connectivity index (χ2n) is 5.77. The molecule has 14 heteroatoms. The summed E-state index contributed by atoms with van der Waals surface area (Å²) >= 11 is 0. The molecule has 0 spiro atoms. The number of aliphatic hydroxyl groups is 1. The minimum Gasteiger partial charge on any atom is -0.428 e. The van der Waals surface area contributed by atoms with Gasteiger partial charge in [0.25, 0.3) is 5.91 Å². The molecule has 0 aliphatic carbocycles. The van der Waals surface area contributed by atoms with E-state index in [1.54, 1.807) is 5.32 Å². The van der Waals surface area contributed by atoms with Crippen molar-refractivity contribution in [3.05, 3.63) is 59.7 Å². The number of anilines is 1. The van der Waals surface area contributed by atoms with Crippen LogP contribution in [0, 0.1) is 11.6 Å². The Morgan fingerprint density at radius 1 is 0.871 bits per heavy atom. The maximum absolute atomic E-state index is 13.5. The highest BCUT2D eigenvalue weighted by Crippen LogP contribution is 2.44. The van der Waals surface area contributed by atoms with Crippen LogP contribution < -0.4 is 15.4 Å². The van der Waals surface area contributed by atoms with Crippen LogP contribution in [0.25, 0.3) is 0 Å². The first-order valence-corrected chi connectivity index (χ1v) is 7.87. The normalized spacial score (nSPS) is 13.8. The van der Waals surface area contributed by atoms with Gasteiger partial charge in [0.15, 0.2) is 0 Å². The van der Waals surface area contributed by atoms with Crippen molar-refractivity contribution in [1.82, 2.24) is 5.32 Å². The van der Waals surface area contributed by atoms with Crippen molar-refractivity contribution >= 4 is 17.6 Å². The highest BCUT2D eigenvalue weighted by molar-refractivity contribution is 6.08. The van der Waals surface area contributed by atoms with Crippen molar-refractivity contribution < 1.29 is 54.6 Å². The minimum atomic E-state index is -6.36. The number of rotatable bonds is 5. The van der Waals surface area contributed by atoms with Gasteiger partial charge in [0.05, 0.1) is 0 Å². The molecule has 3 amide bonds. The lowest BCUT2D eigenvalue weighted by molar-refractivity contribution is -0.429. The lowest BCUT2D eigenvalue weighted by atomic mass is 10.2. The summed E-state index contributed by atoms with van der Waals surface area (Å²) in [5, 5.41) is 12.0. The Morgan fingerprint density at radius 3 is 1.87 bits per heavy atom. The average Bonchev–Trinajstić information content (AvgIpc) is 2.61. The van der Waals surface area contributed by atoms with Crippen LogP contribution in [0.2, 0.25) is 0 Å². The first-order valence-electron chi connectivity index (χ1n) is 7.87. The molecule has 2 aromatic rings. The minimum absolute atomic E-state index is 0.235. The van der Waals surface area contributed by atoms with E-state index in [2.05, 4.69) is 4.74 Å². The average molecular weight is 458 g/mol. The highest BCUT2D eigenvalue weighted by Gasteiger charge is 2.73. The molecule has 1 atom stereocenters. The highest BCUT2D eigenvalue weighted by atomic mass is 19.4. The van der Waals surface area contributed by atoms with Gasteiger partial charge in [0.2, 0.25) is 0 Å². The predicted molar refractivity (Wildman–Crippen MR) is 87.0 cm³/mol. The van der Waals surface area contributed by atoms with E-state index in [0.717, 1.165) is 30.3 Å². The quantitative estimate of drug-likeness (QED) is 0.589. The largest absolute Gasteiger partial charge is 0.469 e. The van der Waals surface area contributed by atoms with E-state index in [9.17, 15) is 44.7 Å². The summed E-state index contributed by atoms with van der Waals surface area (Å²) in [5.74, 6) is -11.0. The van der Waals surface area contributed by atoms with Crippen molar-refractivity contribution in [2.24, 2.45) is 0 Å². The summed E-state index contributed by atoms with van der Waals surface area (Å²) in [6.45, 7) is 0. The van der Waals surface area contributed by atoms with Crippen molar-refractivity contribution in [3.63, 3.8) is 0 Å². The number of nitrogens with one attached hydrogen (secondary N) is 2. The molecule has 0 aliphatic rings. The third-order valence-electron chi connectivity index (χ3n) is 3.54. The third-order valence-corrected chi connectivity index (χ3v) is 3.54. The van der Waals surface area contributed by atoms with Gasteiger partial charge in [-0.05, 0) is 36.4 Å². The molecule has 0 fully saturated rings. The van der Waals surface area contributed by atoms with Gasteiger partial charge in [0, 0.05) is 5.69 Å². The number of hydrogen-bond acceptors (Lipinski definition) is 4. The van der Waals surface area contributed by atoms with Crippen LogP contribution in [-0.2, 0) is 0 Å². The lowest BCUT2D eigenvalue weighted by Gasteiger charge is -2.29. The smallest absolute Gasteiger partial charge is 0.428 e. The molecule has 2 aromatic carbocycles. The molecule has 0 radical (unpaired) electrons. The summed E-state index contributed by atoms with van der Waals surface area (Å²) < 4.78 is 107. The Labute approximate surface area is 167 Å². The zero-order valence-corrected chi connectivity index (χ0v) is 14.7. The number of hydrogen-bond donors (Lipinski definition) is 3. The number of carbonyl (C=O) groups excluding carboxylic acids is 2. The van der Waals surface area contributed by atoms with Crippen molar-refractivity contribution in [2.45, 2.75) is 18.1 Å². The lowest BCUT2D eigenvalue weighted by Crippen LogP contribution is -2.58. The fourth-order valence-corrected chi connectivity index (χ4v) is 2.03. The molecule has 1 unspecified atom stereocenters. The van der Waals surface area contributed by atoms with Gasteiger partial charge in [0.1, 0.15) is 22.9 Å². The second kappa shape index (κ2) is 8.37. The van der Waals surface area contributed by atoms with Gasteiger partial charge in [-0.2, -0.15) is 26.3 Å². The molecular formula is C17H10F8N2O4. The zero-order valence-electron chi connectivity index (χ0n) is 14.7. The fourth-order valence-electron chi connectivity index (χ4n) is 2.03. The Balaban J connectivity index is 2.04. The number of urea groups is 1. The van der Waals surface area contributed by atoms with Crippen LogP contribution in [0.1, 0.15) is 10.4 Å². The Hall–Kier alpha value is -3.42. The van der Waals surface area contributed by atoms with Gasteiger partial charge in [-0.3, -0.25) is 10.1 Å². The summed E-state index contributed by atoms with van der Waals surface area (Å²) in [4.78, 5) is 23.5. The Bertz CT molecular complexity index is 957. The van der Waals surface area contributed by atoms with E-state index in [-0.39, 0.29) is 5.69 Å². The molecule has 0 saturated carbocycles. The predicted octanol–water partition coefficient (Wildman–Crippen LogP) is 4.12. The first-order chi connectivity index (χ1) is 14.2. The van der Waals surface area contributed by atoms with Crippen LogP contribution in [0.5, 0.6) is 5.75 Å². The van der Waals surface area contributed by atoms with E-state index < -0.39 is 53.0 Å². The summed E-state index contributed by atoms with van der Waals surface area (Å²) in [7, 11) is 0. The van der Waals surface area contributed by atoms with Crippen molar-refractivity contribution in [3.8, 4) is 5.75 Å². The Kier molecular flexibility index (Phi) is 6.44. The standard InChI is InChI=1S/C17H10F8N2O4/c18-10-2-1-3-11(19)12(10)13(28)27-14(29)26-8-4-6-9(7-5-8)31-17(24,25)15(20,30)16(21,22)23/h1-7,30H,(H2,26,27,28,29). The number of amides is 3. The maximum Gasteiger partial charge on any atom is 0.469 e. The van der Waals surface area contributed by atoms with Gasteiger partial charge in [-0.25, -0.2) is 13.6 Å². The van der Waals surface area contributed by atoms with Crippen LogP contribution in [0.15, 0.2) is 42.5 Å². The molecule has 31 heavy (non-hydrogen) atoms. The summed E-state index contributed by atoms with van der Waals surface area (Å²) in [5.41, 5.74) is -1.28. The van der Waals surface area contributed by atoms with E-state index >= 15 is 0 Å². The monoisotopic (exact) mass is 458 g/mol. The van der Waals surface area contributed by atoms with Gasteiger partial charge in [-0.15, -0.1) is 0 Å². The summed E-state index contributed by atoms with van der Waals surface area (Å²) in [6.07, 6.45) is -12.1. The molecule has 0 aromatic heterocycles. The second-order valence-corrected chi connectivity index (χ2v) is 5.77. The molecule has 3 N–H and O–H groups in total. The number of halogens is 8. The van der Waals surface area contributed by atoms with Crippen molar-refractivity contribution in [2.75, 3.05) is 5.32 Å². The summed E-state index contributed by atoms with van der Waals surface area (Å²) in [6, 6.07) is 3.95. The molecule has 0 saturated heterocycles. The topological polar surface area (TPSA) is 87.7 Å². The molecule has 6 nitrogen and oxygen atoms in total. The molecule has 0 bridgehead atoms. The number of alkyl halides is 6. The van der Waals surface area contributed by atoms with Crippen LogP contribution in [0.3, 0.4) is 0 Å². The van der Waals surface area contributed by atoms with E-state index in [1.165, 1.54) is 0 Å². The number of carbonyl (C=O) groups is 2. The molecule has 168 valence electrons. The first kappa shape index (κ1) is 23.9. The number of ether oxygens (including phenoxy) is 1. The van der Waals surface area contributed by atoms with Gasteiger partial charge in [-0.1, -0.05) is 6.07 Å². The zero-order chi connectivity index (χ0) is 23.6. The van der Waals surface area contributed by atoms with E-state index in [1.807, 2.05) is 5.32 Å². The fraction of sp³-hybridized carbons (Fsp3) is 0.176. The van der Waals surface area contributed by atoms with E-state index in [4.69, 9.17) is 5.11 Å². The third kappa shape index (κ3) is 5.20. The Morgan fingerprint density at radius 2 is 1.39 bits per heavy atom. The molecular weight excluding hydrogens is 448 g/mol. The molecule has 0 aliphatic heterocycles. The number of benzene rings is 2. The van der Waals surface area contributed by atoms with Crippen molar-refractivity contribution in [1.29, 1.82) is 0 Å². The van der Waals surface area contributed by atoms with Gasteiger partial charge < -0.3 is 15.2 Å². The molecule has 2 rings (SSSR count). The van der Waals surface area contributed by atoms with Gasteiger partial charge >= 0.3 is 24.2 Å². The van der Waals surface area contributed by atoms with Crippen LogP contribution in [-0.4, -0.2) is 35.2 Å². The molecule has 0 heterocycles. The number of imide groups is 1. The maximum atomic E-state index is 13.5.